The molecule has 1 heterocycles. The molecular formula is C13H24N4O2. The molecule has 6 nitrogen and oxygen atoms in total. The predicted octanol–water partition coefficient (Wildman–Crippen LogP) is 1.97. The zero-order valence-corrected chi connectivity index (χ0v) is 11.9. The summed E-state index contributed by atoms with van der Waals surface area (Å²) in [7, 11) is 0. The van der Waals surface area contributed by atoms with Crippen LogP contribution in [0.2, 0.25) is 0 Å². The molecule has 0 bridgehead atoms. The summed E-state index contributed by atoms with van der Waals surface area (Å²) in [6.45, 7) is 6.66. The first-order valence-corrected chi connectivity index (χ1v) is 6.75. The largest absolute Gasteiger partial charge is 0.394 e. The number of carbonyl (C=O) groups excluding carboxylic acids is 1. The Balaban J connectivity index is 2.53. The Kier molecular flexibility index (Phi) is 5.82. The van der Waals surface area contributed by atoms with Crippen molar-refractivity contribution in [2.24, 2.45) is 0 Å². The summed E-state index contributed by atoms with van der Waals surface area (Å²) in [4.78, 5) is 11.9. The zero-order valence-electron chi connectivity index (χ0n) is 11.9. The van der Waals surface area contributed by atoms with E-state index >= 15 is 0 Å². The van der Waals surface area contributed by atoms with Gasteiger partial charge in [-0.25, -0.2) is 4.79 Å². The smallest absolute Gasteiger partial charge is 0.319 e. The molecule has 0 aliphatic carbocycles. The molecule has 6 heteroatoms. The number of anilines is 1. The van der Waals surface area contributed by atoms with E-state index in [4.69, 9.17) is 0 Å². The monoisotopic (exact) mass is 268 g/mol. The van der Waals surface area contributed by atoms with Crippen LogP contribution in [0.3, 0.4) is 0 Å². The Morgan fingerprint density at radius 3 is 2.79 bits per heavy atom. The number of carbonyl (C=O) groups is 1. The maximum Gasteiger partial charge on any atom is 0.319 e. The summed E-state index contributed by atoms with van der Waals surface area (Å²) in [5.41, 5.74) is 0.0702. The van der Waals surface area contributed by atoms with Gasteiger partial charge in [0.05, 0.1) is 24.0 Å². The van der Waals surface area contributed by atoms with Gasteiger partial charge in [0.15, 0.2) is 0 Å². The first-order valence-electron chi connectivity index (χ1n) is 6.75. The van der Waals surface area contributed by atoms with Gasteiger partial charge in [-0.05, 0) is 19.8 Å². The Morgan fingerprint density at radius 1 is 1.47 bits per heavy atom. The molecule has 0 fully saturated rings. The lowest BCUT2D eigenvalue weighted by molar-refractivity contribution is 0.167. The highest BCUT2D eigenvalue weighted by molar-refractivity contribution is 5.89. The van der Waals surface area contributed by atoms with Crippen LogP contribution >= 0.6 is 0 Å². The van der Waals surface area contributed by atoms with E-state index in [1.165, 1.54) is 0 Å². The molecule has 3 N–H and O–H groups in total. The van der Waals surface area contributed by atoms with Gasteiger partial charge in [-0.3, -0.25) is 4.68 Å². The van der Waals surface area contributed by atoms with Gasteiger partial charge in [-0.1, -0.05) is 20.3 Å². The molecule has 0 saturated carbocycles. The van der Waals surface area contributed by atoms with Crippen molar-refractivity contribution in [1.82, 2.24) is 15.1 Å². The highest BCUT2D eigenvalue weighted by Crippen LogP contribution is 2.12. The average molecular weight is 268 g/mol. The van der Waals surface area contributed by atoms with E-state index in [1.54, 1.807) is 17.1 Å². The van der Waals surface area contributed by atoms with Crippen LogP contribution in [0.15, 0.2) is 12.4 Å². The van der Waals surface area contributed by atoms with Gasteiger partial charge >= 0.3 is 6.03 Å². The van der Waals surface area contributed by atoms with E-state index in [1.807, 2.05) is 13.8 Å². The summed E-state index contributed by atoms with van der Waals surface area (Å²) in [5, 5.41) is 19.0. The van der Waals surface area contributed by atoms with Gasteiger partial charge in [0.25, 0.3) is 0 Å². The molecule has 0 spiro atoms. The van der Waals surface area contributed by atoms with Gasteiger partial charge in [-0.2, -0.15) is 5.10 Å². The lowest BCUT2D eigenvalue weighted by atomic mass is 9.98. The molecule has 0 aliphatic heterocycles. The molecule has 0 aliphatic rings. The number of nitrogens with one attached hydrogen (secondary N) is 2. The van der Waals surface area contributed by atoms with Crippen LogP contribution < -0.4 is 10.6 Å². The van der Waals surface area contributed by atoms with Gasteiger partial charge in [0.2, 0.25) is 0 Å². The lowest BCUT2D eigenvalue weighted by Crippen LogP contribution is -2.50. The number of hydrogen-bond donors (Lipinski definition) is 3. The molecule has 0 aromatic carbocycles. The zero-order chi connectivity index (χ0) is 14.3. The number of aromatic nitrogens is 2. The fourth-order valence-corrected chi connectivity index (χ4v) is 1.95. The summed E-state index contributed by atoms with van der Waals surface area (Å²) < 4.78 is 1.78. The third-order valence-electron chi connectivity index (χ3n) is 2.91. The van der Waals surface area contributed by atoms with Crippen molar-refractivity contribution in [2.75, 3.05) is 11.9 Å². The Labute approximate surface area is 114 Å². The summed E-state index contributed by atoms with van der Waals surface area (Å²) in [5.74, 6) is 0. The first kappa shape index (κ1) is 15.5. The summed E-state index contributed by atoms with van der Waals surface area (Å²) in [6, 6.07) is -0.318. The standard InChI is InChI=1S/C13H24N4O2/c1-4-6-13(3,10-18)16-12(19)15-11-8-14-17(9-11)7-5-2/h8-9,18H,4-7,10H2,1-3H3,(H2,15,16,19). The number of amides is 2. The number of aryl methyl sites for hydroxylation is 1. The van der Waals surface area contributed by atoms with Crippen LogP contribution in [-0.2, 0) is 6.54 Å². The molecule has 1 unspecified atom stereocenters. The van der Waals surface area contributed by atoms with Crippen molar-refractivity contribution in [3.63, 3.8) is 0 Å². The first-order chi connectivity index (χ1) is 9.03. The third-order valence-corrected chi connectivity index (χ3v) is 2.91. The van der Waals surface area contributed by atoms with E-state index in [0.29, 0.717) is 5.69 Å². The van der Waals surface area contributed by atoms with E-state index in [0.717, 1.165) is 25.8 Å². The Hall–Kier alpha value is -1.56. The van der Waals surface area contributed by atoms with Gasteiger partial charge in [0.1, 0.15) is 0 Å². The second-order valence-corrected chi connectivity index (χ2v) is 5.04. The maximum atomic E-state index is 11.9. The number of hydrogen-bond acceptors (Lipinski definition) is 3. The van der Waals surface area contributed by atoms with Crippen LogP contribution in [0.1, 0.15) is 40.0 Å². The summed E-state index contributed by atoms with van der Waals surface area (Å²) in [6.07, 6.45) is 6.02. The van der Waals surface area contributed by atoms with Crippen LogP contribution in [0.5, 0.6) is 0 Å². The minimum Gasteiger partial charge on any atom is -0.394 e. The molecule has 108 valence electrons. The topological polar surface area (TPSA) is 79.2 Å². The SMILES string of the molecule is CCCn1cc(NC(=O)NC(C)(CO)CCC)cn1. The molecule has 1 atom stereocenters. The second-order valence-electron chi connectivity index (χ2n) is 5.04. The maximum absolute atomic E-state index is 11.9. The van der Waals surface area contributed by atoms with E-state index < -0.39 is 5.54 Å². The molecule has 0 radical (unpaired) electrons. The number of aliphatic hydroxyl groups excluding tert-OH is 1. The van der Waals surface area contributed by atoms with Gasteiger partial charge in [-0.15, -0.1) is 0 Å². The number of nitrogens with zero attached hydrogens (tertiary/aromatic N) is 2. The van der Waals surface area contributed by atoms with Crippen molar-refractivity contribution in [3.8, 4) is 0 Å². The van der Waals surface area contributed by atoms with E-state index in [9.17, 15) is 9.90 Å². The molecule has 2 amide bonds. The highest BCUT2D eigenvalue weighted by atomic mass is 16.3. The van der Waals surface area contributed by atoms with E-state index in [-0.39, 0.29) is 12.6 Å². The minimum atomic E-state index is -0.585. The van der Waals surface area contributed by atoms with Crippen molar-refractivity contribution in [2.45, 2.75) is 52.1 Å². The molecule has 19 heavy (non-hydrogen) atoms. The van der Waals surface area contributed by atoms with Crippen molar-refractivity contribution in [1.29, 1.82) is 0 Å². The summed E-state index contributed by atoms with van der Waals surface area (Å²) >= 11 is 0. The lowest BCUT2D eigenvalue weighted by Gasteiger charge is -2.28. The number of aliphatic hydroxyl groups is 1. The minimum absolute atomic E-state index is 0.0800. The quantitative estimate of drug-likeness (QED) is 0.707. The molecule has 0 saturated heterocycles. The molecular weight excluding hydrogens is 244 g/mol. The van der Waals surface area contributed by atoms with Crippen LogP contribution in [0, 0.1) is 0 Å². The van der Waals surface area contributed by atoms with Crippen LogP contribution in [0.4, 0.5) is 10.5 Å². The third kappa shape index (κ3) is 4.90. The van der Waals surface area contributed by atoms with E-state index in [2.05, 4.69) is 22.7 Å². The highest BCUT2D eigenvalue weighted by Gasteiger charge is 2.24. The fraction of sp³-hybridized carbons (Fsp3) is 0.692. The number of urea groups is 1. The Morgan fingerprint density at radius 2 is 2.21 bits per heavy atom. The van der Waals surface area contributed by atoms with Crippen LogP contribution in [-0.4, -0.2) is 33.1 Å². The van der Waals surface area contributed by atoms with Crippen molar-refractivity contribution < 1.29 is 9.90 Å². The van der Waals surface area contributed by atoms with Crippen LogP contribution in [0.25, 0.3) is 0 Å². The average Bonchev–Trinajstić information content (AvgIpc) is 2.77. The predicted molar refractivity (Wildman–Crippen MR) is 75.1 cm³/mol. The number of rotatable bonds is 7. The van der Waals surface area contributed by atoms with Gasteiger partial charge in [0, 0.05) is 12.7 Å². The molecule has 1 aromatic heterocycles. The van der Waals surface area contributed by atoms with Crippen molar-refractivity contribution in [3.05, 3.63) is 12.4 Å². The van der Waals surface area contributed by atoms with Gasteiger partial charge < -0.3 is 15.7 Å². The fourth-order valence-electron chi connectivity index (χ4n) is 1.95. The van der Waals surface area contributed by atoms with Crippen molar-refractivity contribution >= 4 is 11.7 Å². The Bertz CT molecular complexity index is 405. The second kappa shape index (κ2) is 7.13. The normalized spacial score (nSPS) is 13.9. The molecule has 1 rings (SSSR count). The molecule has 1 aromatic rings.